The van der Waals surface area contributed by atoms with Crippen LogP contribution in [0.15, 0.2) is 43.0 Å². The highest BCUT2D eigenvalue weighted by molar-refractivity contribution is 5.91. The SMILES string of the molecule is C=Cc1c(C)ccc2nc3ccccc3nc12. The van der Waals surface area contributed by atoms with Crippen LogP contribution in [0, 0.1) is 6.92 Å². The summed E-state index contributed by atoms with van der Waals surface area (Å²) in [5.41, 5.74) is 5.95. The first-order valence-corrected chi connectivity index (χ1v) is 5.58. The zero-order valence-corrected chi connectivity index (χ0v) is 9.64. The van der Waals surface area contributed by atoms with E-state index in [9.17, 15) is 0 Å². The Morgan fingerprint density at radius 2 is 1.65 bits per heavy atom. The van der Waals surface area contributed by atoms with E-state index in [1.165, 1.54) is 5.56 Å². The van der Waals surface area contributed by atoms with Crippen molar-refractivity contribution in [2.75, 3.05) is 0 Å². The molecule has 2 heteroatoms. The molecule has 0 saturated heterocycles. The third kappa shape index (κ3) is 1.49. The maximum atomic E-state index is 4.68. The van der Waals surface area contributed by atoms with Crippen molar-refractivity contribution in [1.29, 1.82) is 0 Å². The molecule has 0 spiro atoms. The van der Waals surface area contributed by atoms with Crippen LogP contribution in [-0.4, -0.2) is 9.97 Å². The predicted molar refractivity (Wildman–Crippen MR) is 71.9 cm³/mol. The van der Waals surface area contributed by atoms with Crippen molar-refractivity contribution in [3.05, 3.63) is 54.1 Å². The Labute approximate surface area is 99.6 Å². The molecule has 0 aliphatic heterocycles. The van der Waals surface area contributed by atoms with Gasteiger partial charge in [0.05, 0.1) is 22.1 Å². The van der Waals surface area contributed by atoms with Gasteiger partial charge in [0.2, 0.25) is 0 Å². The van der Waals surface area contributed by atoms with Gasteiger partial charge in [-0.15, -0.1) is 0 Å². The second kappa shape index (κ2) is 3.67. The summed E-state index contributed by atoms with van der Waals surface area (Å²) < 4.78 is 0. The van der Waals surface area contributed by atoms with E-state index in [-0.39, 0.29) is 0 Å². The van der Waals surface area contributed by atoms with Crippen LogP contribution in [-0.2, 0) is 0 Å². The maximum Gasteiger partial charge on any atom is 0.0969 e. The molecule has 0 bridgehead atoms. The van der Waals surface area contributed by atoms with Crippen LogP contribution in [0.2, 0.25) is 0 Å². The summed E-state index contributed by atoms with van der Waals surface area (Å²) in [4.78, 5) is 9.29. The van der Waals surface area contributed by atoms with Gasteiger partial charge in [-0.1, -0.05) is 30.9 Å². The van der Waals surface area contributed by atoms with Gasteiger partial charge in [0.25, 0.3) is 0 Å². The lowest BCUT2D eigenvalue weighted by molar-refractivity contribution is 1.36. The third-order valence-electron chi connectivity index (χ3n) is 2.97. The molecule has 3 rings (SSSR count). The summed E-state index contributed by atoms with van der Waals surface area (Å²) in [6, 6.07) is 12.0. The Morgan fingerprint density at radius 3 is 2.35 bits per heavy atom. The summed E-state index contributed by atoms with van der Waals surface area (Å²) >= 11 is 0. The molecule has 2 nitrogen and oxygen atoms in total. The van der Waals surface area contributed by atoms with Gasteiger partial charge in [0.1, 0.15) is 0 Å². The average Bonchev–Trinajstić information content (AvgIpc) is 2.36. The molecule has 2 aromatic carbocycles. The molecule has 0 N–H and O–H groups in total. The fourth-order valence-electron chi connectivity index (χ4n) is 2.07. The summed E-state index contributed by atoms with van der Waals surface area (Å²) in [5.74, 6) is 0. The van der Waals surface area contributed by atoms with Crippen molar-refractivity contribution >= 4 is 28.1 Å². The van der Waals surface area contributed by atoms with Gasteiger partial charge < -0.3 is 0 Å². The van der Waals surface area contributed by atoms with Gasteiger partial charge in [-0.3, -0.25) is 0 Å². The third-order valence-corrected chi connectivity index (χ3v) is 2.97. The van der Waals surface area contributed by atoms with E-state index >= 15 is 0 Å². The Hall–Kier alpha value is -2.22. The molecule has 82 valence electrons. The van der Waals surface area contributed by atoms with E-state index in [4.69, 9.17) is 0 Å². The van der Waals surface area contributed by atoms with Crippen LogP contribution >= 0.6 is 0 Å². The first-order valence-electron chi connectivity index (χ1n) is 5.58. The number of aryl methyl sites for hydroxylation is 1. The molecule has 0 amide bonds. The molecule has 0 radical (unpaired) electrons. The first kappa shape index (κ1) is 9.97. The highest BCUT2D eigenvalue weighted by Crippen LogP contribution is 2.22. The number of rotatable bonds is 1. The van der Waals surface area contributed by atoms with Gasteiger partial charge in [-0.05, 0) is 30.7 Å². The average molecular weight is 220 g/mol. The topological polar surface area (TPSA) is 25.8 Å². The summed E-state index contributed by atoms with van der Waals surface area (Å²) in [6.45, 7) is 5.92. The largest absolute Gasteiger partial charge is 0.244 e. The molecule has 0 saturated carbocycles. The van der Waals surface area contributed by atoms with Crippen molar-refractivity contribution in [2.24, 2.45) is 0 Å². The molecule has 1 aromatic heterocycles. The van der Waals surface area contributed by atoms with Crippen LogP contribution in [0.4, 0.5) is 0 Å². The van der Waals surface area contributed by atoms with Crippen LogP contribution < -0.4 is 0 Å². The van der Waals surface area contributed by atoms with Gasteiger partial charge in [0, 0.05) is 5.56 Å². The predicted octanol–water partition coefficient (Wildman–Crippen LogP) is 3.73. The zero-order chi connectivity index (χ0) is 11.8. The highest BCUT2D eigenvalue weighted by atomic mass is 14.8. The van der Waals surface area contributed by atoms with Crippen molar-refractivity contribution in [3.63, 3.8) is 0 Å². The van der Waals surface area contributed by atoms with Crippen molar-refractivity contribution in [2.45, 2.75) is 6.92 Å². The molecule has 17 heavy (non-hydrogen) atoms. The fraction of sp³-hybridized carbons (Fsp3) is 0.0667. The number of hydrogen-bond acceptors (Lipinski definition) is 2. The standard InChI is InChI=1S/C15H12N2/c1-3-11-10(2)8-9-14-15(11)17-13-7-5-4-6-12(13)16-14/h3-9H,1H2,2H3. The number of hydrogen-bond donors (Lipinski definition) is 0. The number of fused-ring (bicyclic) bond motifs is 2. The van der Waals surface area contributed by atoms with E-state index in [0.717, 1.165) is 27.6 Å². The minimum Gasteiger partial charge on any atom is -0.244 e. The number of nitrogens with zero attached hydrogens (tertiary/aromatic N) is 2. The van der Waals surface area contributed by atoms with Crippen molar-refractivity contribution in [3.8, 4) is 0 Å². The van der Waals surface area contributed by atoms with Gasteiger partial charge in [-0.25, -0.2) is 9.97 Å². The van der Waals surface area contributed by atoms with Crippen molar-refractivity contribution < 1.29 is 0 Å². The van der Waals surface area contributed by atoms with E-state index in [0.29, 0.717) is 0 Å². The molecule has 0 aliphatic rings. The maximum absolute atomic E-state index is 4.68. The Morgan fingerprint density at radius 1 is 0.941 bits per heavy atom. The number of para-hydroxylation sites is 2. The van der Waals surface area contributed by atoms with Crippen LogP contribution in [0.3, 0.4) is 0 Å². The number of benzene rings is 2. The first-order chi connectivity index (χ1) is 8.29. The molecule has 0 fully saturated rings. The summed E-state index contributed by atoms with van der Waals surface area (Å²) in [5, 5.41) is 0. The quantitative estimate of drug-likeness (QED) is 0.584. The van der Waals surface area contributed by atoms with Gasteiger partial charge in [-0.2, -0.15) is 0 Å². The Kier molecular flexibility index (Phi) is 2.15. The smallest absolute Gasteiger partial charge is 0.0969 e. The van der Waals surface area contributed by atoms with E-state index in [2.05, 4.69) is 29.5 Å². The fourth-order valence-corrected chi connectivity index (χ4v) is 2.07. The zero-order valence-electron chi connectivity index (χ0n) is 9.64. The molecule has 0 aliphatic carbocycles. The van der Waals surface area contributed by atoms with Crippen LogP contribution in [0.5, 0.6) is 0 Å². The van der Waals surface area contributed by atoms with Crippen LogP contribution in [0.25, 0.3) is 28.1 Å². The molecule has 3 aromatic rings. The number of aromatic nitrogens is 2. The second-order valence-corrected chi connectivity index (χ2v) is 4.08. The molecule has 0 atom stereocenters. The molecular weight excluding hydrogens is 208 g/mol. The minimum atomic E-state index is 0.921. The molecule has 1 heterocycles. The van der Waals surface area contributed by atoms with E-state index in [1.807, 2.05) is 36.4 Å². The van der Waals surface area contributed by atoms with E-state index in [1.54, 1.807) is 0 Å². The molecule has 0 unspecified atom stereocenters. The summed E-state index contributed by atoms with van der Waals surface area (Å²) in [7, 11) is 0. The Bertz CT molecular complexity index is 729. The van der Waals surface area contributed by atoms with Gasteiger partial charge >= 0.3 is 0 Å². The van der Waals surface area contributed by atoms with E-state index < -0.39 is 0 Å². The van der Waals surface area contributed by atoms with Crippen LogP contribution in [0.1, 0.15) is 11.1 Å². The Balaban J connectivity index is 2.52. The molecular formula is C15H12N2. The summed E-state index contributed by atoms with van der Waals surface area (Å²) in [6.07, 6.45) is 1.85. The normalized spacial score (nSPS) is 10.9. The lowest BCUT2D eigenvalue weighted by Gasteiger charge is -2.06. The monoisotopic (exact) mass is 220 g/mol. The highest BCUT2D eigenvalue weighted by Gasteiger charge is 2.06. The minimum absolute atomic E-state index is 0.921. The van der Waals surface area contributed by atoms with Gasteiger partial charge in [0.15, 0.2) is 0 Å². The lowest BCUT2D eigenvalue weighted by Crippen LogP contribution is -1.91. The van der Waals surface area contributed by atoms with Crippen molar-refractivity contribution in [1.82, 2.24) is 9.97 Å². The second-order valence-electron chi connectivity index (χ2n) is 4.08. The lowest BCUT2D eigenvalue weighted by atomic mass is 10.1.